The van der Waals surface area contributed by atoms with E-state index in [1.165, 1.54) is 19.2 Å². The van der Waals surface area contributed by atoms with Crippen LogP contribution in [0.2, 0.25) is 0 Å². The molecule has 0 bridgehead atoms. The molecule has 7 nitrogen and oxygen atoms in total. The van der Waals surface area contributed by atoms with Crippen molar-refractivity contribution in [3.05, 3.63) is 58.6 Å². The van der Waals surface area contributed by atoms with Gasteiger partial charge in [0, 0.05) is 30.2 Å². The predicted molar refractivity (Wildman–Crippen MR) is 116 cm³/mol. The highest BCUT2D eigenvalue weighted by Crippen LogP contribution is 2.17. The first-order valence-corrected chi connectivity index (χ1v) is 11.3. The van der Waals surface area contributed by atoms with Gasteiger partial charge < -0.3 is 10.6 Å². The van der Waals surface area contributed by atoms with Crippen LogP contribution < -0.4 is 10.6 Å². The lowest BCUT2D eigenvalue weighted by Crippen LogP contribution is -2.38. The number of nitrogens with one attached hydrogen (secondary N) is 2. The van der Waals surface area contributed by atoms with Crippen molar-refractivity contribution >= 4 is 43.5 Å². The molecule has 2 aromatic rings. The Morgan fingerprint density at radius 2 is 1.76 bits per heavy atom. The predicted octanol–water partition coefficient (Wildman–Crippen LogP) is 3.12. The van der Waals surface area contributed by atoms with Crippen molar-refractivity contribution in [2.24, 2.45) is 0 Å². The van der Waals surface area contributed by atoms with Gasteiger partial charge in [-0.05, 0) is 48.4 Å². The van der Waals surface area contributed by atoms with E-state index in [2.05, 4.69) is 26.6 Å². The van der Waals surface area contributed by atoms with Gasteiger partial charge >= 0.3 is 0 Å². The van der Waals surface area contributed by atoms with Crippen LogP contribution in [0, 0.1) is 0 Å². The highest BCUT2D eigenvalue weighted by molar-refractivity contribution is 9.10. The maximum Gasteiger partial charge on any atom is 0.243 e. The van der Waals surface area contributed by atoms with Gasteiger partial charge in [0.2, 0.25) is 21.8 Å². The summed E-state index contributed by atoms with van der Waals surface area (Å²) in [6.07, 6.45) is 1.21. The number of halogens is 1. The van der Waals surface area contributed by atoms with E-state index in [0.29, 0.717) is 12.1 Å². The third kappa shape index (κ3) is 6.95. The number of anilines is 1. The molecule has 0 saturated carbocycles. The minimum atomic E-state index is -3.76. The first-order valence-electron chi connectivity index (χ1n) is 9.09. The van der Waals surface area contributed by atoms with Crippen LogP contribution in [0.1, 0.15) is 25.3 Å². The molecule has 2 aromatic carbocycles. The van der Waals surface area contributed by atoms with E-state index in [1.807, 2.05) is 13.0 Å². The average Bonchev–Trinajstić information content (AvgIpc) is 2.67. The third-order valence-electron chi connectivity index (χ3n) is 4.07. The summed E-state index contributed by atoms with van der Waals surface area (Å²) in [4.78, 5) is 24.0. The van der Waals surface area contributed by atoms with Crippen molar-refractivity contribution in [2.45, 2.75) is 31.2 Å². The van der Waals surface area contributed by atoms with Crippen molar-refractivity contribution < 1.29 is 18.0 Å². The minimum Gasteiger partial charge on any atom is -0.351 e. The van der Waals surface area contributed by atoms with Crippen molar-refractivity contribution in [3.8, 4) is 0 Å². The molecule has 0 spiro atoms. The Morgan fingerprint density at radius 3 is 2.41 bits per heavy atom. The van der Waals surface area contributed by atoms with Crippen molar-refractivity contribution in [1.29, 1.82) is 0 Å². The Hall–Kier alpha value is -2.23. The molecule has 9 heteroatoms. The average molecular weight is 482 g/mol. The summed E-state index contributed by atoms with van der Waals surface area (Å²) < 4.78 is 26.9. The second-order valence-corrected chi connectivity index (χ2v) is 9.45. The second-order valence-electron chi connectivity index (χ2n) is 6.49. The number of hydrogen-bond donors (Lipinski definition) is 2. The summed E-state index contributed by atoms with van der Waals surface area (Å²) in [6, 6.07) is 13.4. The maximum atomic E-state index is 12.5. The van der Waals surface area contributed by atoms with Crippen LogP contribution in [0.5, 0.6) is 0 Å². The number of carbonyl (C=O) groups excluding carboxylic acids is 2. The van der Waals surface area contributed by atoms with Crippen LogP contribution in [0.3, 0.4) is 0 Å². The van der Waals surface area contributed by atoms with Gasteiger partial charge in [-0.25, -0.2) is 8.42 Å². The fraction of sp³-hybridized carbons (Fsp3) is 0.300. The molecule has 29 heavy (non-hydrogen) atoms. The van der Waals surface area contributed by atoms with E-state index in [4.69, 9.17) is 0 Å². The number of benzene rings is 2. The zero-order valence-corrected chi connectivity index (χ0v) is 18.7. The van der Waals surface area contributed by atoms with E-state index in [9.17, 15) is 18.0 Å². The number of sulfonamides is 1. The fourth-order valence-electron chi connectivity index (χ4n) is 2.54. The minimum absolute atomic E-state index is 0.0616. The highest BCUT2D eigenvalue weighted by atomic mass is 79.9. The largest absolute Gasteiger partial charge is 0.351 e. The Balaban J connectivity index is 1.92. The molecule has 0 radical (unpaired) electrons. The monoisotopic (exact) mass is 481 g/mol. The quantitative estimate of drug-likeness (QED) is 0.574. The van der Waals surface area contributed by atoms with Gasteiger partial charge in [0.25, 0.3) is 0 Å². The van der Waals surface area contributed by atoms with E-state index in [-0.39, 0.29) is 23.9 Å². The molecule has 0 aliphatic rings. The van der Waals surface area contributed by atoms with Gasteiger partial charge in [-0.15, -0.1) is 0 Å². The summed E-state index contributed by atoms with van der Waals surface area (Å²) in [6.45, 7) is 1.85. The highest BCUT2D eigenvalue weighted by Gasteiger charge is 2.22. The molecule has 156 valence electrons. The lowest BCUT2D eigenvalue weighted by molar-refractivity contribution is -0.121. The van der Waals surface area contributed by atoms with Gasteiger partial charge in [-0.3, -0.25) is 9.59 Å². The van der Waals surface area contributed by atoms with Crippen LogP contribution in [0.25, 0.3) is 0 Å². The molecule has 2 N–H and O–H groups in total. The molecule has 0 aliphatic heterocycles. The molecule has 0 saturated heterocycles. The van der Waals surface area contributed by atoms with Crippen LogP contribution in [-0.2, 0) is 26.2 Å². The van der Waals surface area contributed by atoms with Gasteiger partial charge in [0.15, 0.2) is 0 Å². The van der Waals surface area contributed by atoms with Crippen molar-refractivity contribution in [1.82, 2.24) is 9.62 Å². The lowest BCUT2D eigenvalue weighted by atomic mass is 10.2. The third-order valence-corrected chi connectivity index (χ3v) is 6.41. The maximum absolute atomic E-state index is 12.5. The molecule has 0 aliphatic carbocycles. The first kappa shape index (κ1) is 23.1. The van der Waals surface area contributed by atoms with E-state index in [1.54, 1.807) is 30.3 Å². The van der Waals surface area contributed by atoms with Crippen molar-refractivity contribution in [2.75, 3.05) is 18.9 Å². The van der Waals surface area contributed by atoms with Crippen LogP contribution in [0.4, 0.5) is 5.69 Å². The molecular formula is C20H24BrN3O4S. The van der Waals surface area contributed by atoms with Crippen LogP contribution >= 0.6 is 15.9 Å². The van der Waals surface area contributed by atoms with Gasteiger partial charge in [0.05, 0.1) is 11.4 Å². The molecule has 0 heterocycles. The van der Waals surface area contributed by atoms with E-state index >= 15 is 0 Å². The number of hydrogen-bond acceptors (Lipinski definition) is 4. The van der Waals surface area contributed by atoms with Crippen LogP contribution in [0.15, 0.2) is 57.9 Å². The number of amides is 2. The number of likely N-dealkylation sites (N-methyl/N-ethyl adjacent to an activating group) is 1. The molecule has 0 fully saturated rings. The molecule has 0 aromatic heterocycles. The molecule has 0 unspecified atom stereocenters. The summed E-state index contributed by atoms with van der Waals surface area (Å²) in [7, 11) is -2.39. The molecule has 0 atom stereocenters. The topological polar surface area (TPSA) is 95.6 Å². The Bertz CT molecular complexity index is 962. The molecule has 2 rings (SSSR count). The molecular weight excluding hydrogens is 458 g/mol. The lowest BCUT2D eigenvalue weighted by Gasteiger charge is -2.17. The number of carbonyl (C=O) groups is 2. The summed E-state index contributed by atoms with van der Waals surface area (Å²) in [5.41, 5.74) is 1.45. The van der Waals surface area contributed by atoms with Crippen LogP contribution in [-0.4, -0.2) is 38.1 Å². The summed E-state index contributed by atoms with van der Waals surface area (Å²) in [5, 5.41) is 5.51. The van der Waals surface area contributed by atoms with E-state index in [0.717, 1.165) is 20.8 Å². The zero-order valence-electron chi connectivity index (χ0n) is 16.3. The van der Waals surface area contributed by atoms with Gasteiger partial charge in [-0.1, -0.05) is 35.0 Å². The Kier molecular flexibility index (Phi) is 8.36. The zero-order chi connectivity index (χ0) is 21.4. The smallest absolute Gasteiger partial charge is 0.243 e. The summed E-state index contributed by atoms with van der Waals surface area (Å²) >= 11 is 3.26. The second kappa shape index (κ2) is 10.5. The van der Waals surface area contributed by atoms with E-state index < -0.39 is 15.9 Å². The fourth-order valence-corrected chi connectivity index (χ4v) is 3.93. The summed E-state index contributed by atoms with van der Waals surface area (Å²) in [5.74, 6) is -0.484. The SMILES string of the molecule is CCCC(=O)Nc1cccc(CNC(=O)CN(C)S(=O)(=O)c2ccc(Br)cc2)c1. The molecule has 2 amide bonds. The van der Waals surface area contributed by atoms with Gasteiger partial charge in [-0.2, -0.15) is 4.31 Å². The Labute approximate surface area is 179 Å². The normalized spacial score (nSPS) is 11.3. The van der Waals surface area contributed by atoms with Gasteiger partial charge in [0.1, 0.15) is 0 Å². The number of rotatable bonds is 9. The standard InChI is InChI=1S/C20H24BrN3O4S/c1-3-5-19(25)23-17-7-4-6-15(12-17)13-22-20(26)14-24(2)29(27,28)18-10-8-16(21)9-11-18/h4,6-12H,3,5,13-14H2,1-2H3,(H,22,26)(H,23,25). The number of nitrogens with zero attached hydrogens (tertiary/aromatic N) is 1. The first-order chi connectivity index (χ1) is 13.7. The van der Waals surface area contributed by atoms with Crippen molar-refractivity contribution in [3.63, 3.8) is 0 Å². The Morgan fingerprint density at radius 1 is 1.07 bits per heavy atom.